The van der Waals surface area contributed by atoms with Crippen molar-refractivity contribution < 1.29 is 9.53 Å². The highest BCUT2D eigenvalue weighted by atomic mass is 32.2. The molecule has 0 atom stereocenters. The summed E-state index contributed by atoms with van der Waals surface area (Å²) in [6, 6.07) is 7.39. The molecule has 1 N–H and O–H groups in total. The van der Waals surface area contributed by atoms with E-state index in [1.165, 1.54) is 0 Å². The van der Waals surface area contributed by atoms with Crippen LogP contribution in [0, 0.1) is 12.3 Å². The van der Waals surface area contributed by atoms with Gasteiger partial charge in [-0.05, 0) is 36.4 Å². The van der Waals surface area contributed by atoms with E-state index in [-0.39, 0.29) is 5.24 Å². The van der Waals surface area contributed by atoms with Gasteiger partial charge in [-0.25, -0.2) is 0 Å². The molecular formula is C13H15NO2S. The van der Waals surface area contributed by atoms with Crippen molar-refractivity contribution in [3.63, 3.8) is 0 Å². The Balaban J connectivity index is 2.37. The predicted octanol–water partition coefficient (Wildman–Crippen LogP) is 2.91. The Hall–Kier alpha value is -1.60. The molecular weight excluding hydrogens is 234 g/mol. The zero-order valence-electron chi connectivity index (χ0n) is 9.73. The summed E-state index contributed by atoms with van der Waals surface area (Å²) < 4.78 is 5.08. The van der Waals surface area contributed by atoms with Gasteiger partial charge in [-0.15, -0.1) is 12.3 Å². The summed E-state index contributed by atoms with van der Waals surface area (Å²) in [7, 11) is 1.60. The summed E-state index contributed by atoms with van der Waals surface area (Å²) in [4.78, 5) is 12.4. The minimum absolute atomic E-state index is 0.0738. The highest BCUT2D eigenvalue weighted by Gasteiger charge is 2.04. The van der Waals surface area contributed by atoms with Gasteiger partial charge in [-0.2, -0.15) is 0 Å². The van der Waals surface area contributed by atoms with E-state index in [0.717, 1.165) is 28.8 Å². The Labute approximate surface area is 106 Å². The van der Waals surface area contributed by atoms with Gasteiger partial charge in [-0.3, -0.25) is 4.79 Å². The van der Waals surface area contributed by atoms with Crippen LogP contribution in [0.15, 0.2) is 29.2 Å². The number of rotatable bonds is 5. The number of hydrogen-bond donors (Lipinski definition) is 1. The molecule has 17 heavy (non-hydrogen) atoms. The summed E-state index contributed by atoms with van der Waals surface area (Å²) in [5.41, 5.74) is 0. The van der Waals surface area contributed by atoms with E-state index < -0.39 is 0 Å². The van der Waals surface area contributed by atoms with Crippen LogP contribution < -0.4 is 10.1 Å². The monoisotopic (exact) mass is 249 g/mol. The Bertz CT molecular complexity index is 412. The van der Waals surface area contributed by atoms with E-state index in [1.807, 2.05) is 24.3 Å². The van der Waals surface area contributed by atoms with Crippen LogP contribution in [0.4, 0.5) is 4.79 Å². The number of unbranched alkanes of at least 4 members (excludes halogenated alkanes) is 1. The van der Waals surface area contributed by atoms with Gasteiger partial charge in [0.05, 0.1) is 7.11 Å². The number of hydrogen-bond acceptors (Lipinski definition) is 3. The Morgan fingerprint density at radius 1 is 1.59 bits per heavy atom. The molecule has 4 heteroatoms. The molecule has 0 aromatic heterocycles. The van der Waals surface area contributed by atoms with Crippen LogP contribution in [0.25, 0.3) is 0 Å². The van der Waals surface area contributed by atoms with Gasteiger partial charge in [0.15, 0.2) is 0 Å². The molecule has 1 rings (SSSR count). The number of amides is 1. The maximum absolute atomic E-state index is 11.5. The smallest absolute Gasteiger partial charge is 0.283 e. The zero-order valence-corrected chi connectivity index (χ0v) is 10.5. The molecule has 0 heterocycles. The topological polar surface area (TPSA) is 38.3 Å². The minimum atomic E-state index is -0.0738. The van der Waals surface area contributed by atoms with Crippen LogP contribution in [0.2, 0.25) is 0 Å². The normalized spacial score (nSPS) is 9.41. The van der Waals surface area contributed by atoms with Gasteiger partial charge >= 0.3 is 0 Å². The molecule has 3 nitrogen and oxygen atoms in total. The molecule has 0 aliphatic carbocycles. The maximum Gasteiger partial charge on any atom is 0.283 e. The van der Waals surface area contributed by atoms with E-state index in [9.17, 15) is 4.79 Å². The lowest BCUT2D eigenvalue weighted by Gasteiger charge is -2.05. The molecule has 0 unspecified atom stereocenters. The number of nitrogens with one attached hydrogen (secondary N) is 1. The first-order valence-corrected chi connectivity index (χ1v) is 6.11. The molecule has 1 aromatic carbocycles. The van der Waals surface area contributed by atoms with Crippen molar-refractivity contribution in [3.05, 3.63) is 24.3 Å². The van der Waals surface area contributed by atoms with Crippen LogP contribution in [0.5, 0.6) is 5.75 Å². The third-order valence-electron chi connectivity index (χ3n) is 2.02. The van der Waals surface area contributed by atoms with Crippen molar-refractivity contribution in [2.75, 3.05) is 13.7 Å². The van der Waals surface area contributed by atoms with Crippen LogP contribution in [0.3, 0.4) is 0 Å². The number of ether oxygens (including phenoxy) is 1. The van der Waals surface area contributed by atoms with E-state index in [4.69, 9.17) is 11.2 Å². The Kier molecular flexibility index (Phi) is 6.05. The number of terminal acetylenes is 1. The van der Waals surface area contributed by atoms with Gasteiger partial charge in [-0.1, -0.05) is 6.07 Å². The maximum atomic E-state index is 11.5. The molecule has 0 fully saturated rings. The quantitative estimate of drug-likeness (QED) is 0.495. The SMILES string of the molecule is C#CCCCNC(=O)Sc1cccc(OC)c1. The average Bonchev–Trinajstić information content (AvgIpc) is 2.35. The number of thioether (sulfide) groups is 1. The summed E-state index contributed by atoms with van der Waals surface area (Å²) >= 11 is 1.15. The lowest BCUT2D eigenvalue weighted by Crippen LogP contribution is -2.19. The third kappa shape index (κ3) is 5.32. The van der Waals surface area contributed by atoms with Gasteiger partial charge < -0.3 is 10.1 Å². The summed E-state index contributed by atoms with van der Waals surface area (Å²) in [6.07, 6.45) is 6.61. The van der Waals surface area contributed by atoms with Crippen LogP contribution >= 0.6 is 11.8 Å². The second-order valence-electron chi connectivity index (χ2n) is 3.30. The molecule has 1 amide bonds. The highest BCUT2D eigenvalue weighted by molar-refractivity contribution is 8.13. The second-order valence-corrected chi connectivity index (χ2v) is 4.35. The van der Waals surface area contributed by atoms with Crippen molar-refractivity contribution in [2.24, 2.45) is 0 Å². The van der Waals surface area contributed by atoms with E-state index in [1.54, 1.807) is 7.11 Å². The van der Waals surface area contributed by atoms with Crippen LogP contribution in [0.1, 0.15) is 12.8 Å². The first-order chi connectivity index (χ1) is 8.26. The molecule has 0 saturated carbocycles. The summed E-state index contributed by atoms with van der Waals surface area (Å²) in [5.74, 6) is 3.28. The average molecular weight is 249 g/mol. The first kappa shape index (κ1) is 13.5. The Morgan fingerprint density at radius 3 is 3.12 bits per heavy atom. The minimum Gasteiger partial charge on any atom is -0.497 e. The lowest BCUT2D eigenvalue weighted by atomic mass is 10.3. The van der Waals surface area contributed by atoms with Crippen molar-refractivity contribution in [1.29, 1.82) is 0 Å². The van der Waals surface area contributed by atoms with E-state index in [2.05, 4.69) is 11.2 Å². The summed E-state index contributed by atoms with van der Waals surface area (Å²) in [6.45, 7) is 0.611. The molecule has 90 valence electrons. The van der Waals surface area contributed by atoms with Crippen molar-refractivity contribution in [1.82, 2.24) is 5.32 Å². The number of carbonyl (C=O) groups excluding carboxylic acids is 1. The molecule has 0 radical (unpaired) electrons. The molecule has 0 aliphatic heterocycles. The number of benzene rings is 1. The van der Waals surface area contributed by atoms with Crippen molar-refractivity contribution in [3.8, 4) is 18.1 Å². The first-order valence-electron chi connectivity index (χ1n) is 5.29. The van der Waals surface area contributed by atoms with Crippen LogP contribution in [-0.4, -0.2) is 18.9 Å². The molecule has 0 spiro atoms. The fourth-order valence-electron chi connectivity index (χ4n) is 1.19. The lowest BCUT2D eigenvalue weighted by molar-refractivity contribution is 0.260. The van der Waals surface area contributed by atoms with Gasteiger partial charge in [0.2, 0.25) is 0 Å². The standard InChI is InChI=1S/C13H15NO2S/c1-3-4-5-9-14-13(15)17-12-8-6-7-11(10-12)16-2/h1,6-8,10H,4-5,9H2,2H3,(H,14,15). The van der Waals surface area contributed by atoms with Crippen molar-refractivity contribution in [2.45, 2.75) is 17.7 Å². The zero-order chi connectivity index (χ0) is 12.5. The fraction of sp³-hybridized carbons (Fsp3) is 0.308. The highest BCUT2D eigenvalue weighted by Crippen LogP contribution is 2.22. The number of carbonyl (C=O) groups is 1. The van der Waals surface area contributed by atoms with Crippen molar-refractivity contribution >= 4 is 17.0 Å². The van der Waals surface area contributed by atoms with E-state index in [0.29, 0.717) is 13.0 Å². The summed E-state index contributed by atoms with van der Waals surface area (Å²) in [5, 5.41) is 2.72. The predicted molar refractivity (Wildman–Crippen MR) is 70.3 cm³/mol. The van der Waals surface area contributed by atoms with E-state index >= 15 is 0 Å². The fourth-order valence-corrected chi connectivity index (χ4v) is 1.90. The third-order valence-corrected chi connectivity index (χ3v) is 2.84. The largest absolute Gasteiger partial charge is 0.497 e. The Morgan fingerprint density at radius 2 is 2.41 bits per heavy atom. The molecule has 1 aromatic rings. The molecule has 0 saturated heterocycles. The molecule has 0 bridgehead atoms. The number of methoxy groups -OCH3 is 1. The van der Waals surface area contributed by atoms with Crippen LogP contribution in [-0.2, 0) is 0 Å². The van der Waals surface area contributed by atoms with Gasteiger partial charge in [0.25, 0.3) is 5.24 Å². The molecule has 0 aliphatic rings. The van der Waals surface area contributed by atoms with Gasteiger partial charge in [0, 0.05) is 17.9 Å². The second kappa shape index (κ2) is 7.64. The van der Waals surface area contributed by atoms with Gasteiger partial charge in [0.1, 0.15) is 5.75 Å².